The van der Waals surface area contributed by atoms with E-state index in [0.717, 1.165) is 58.5 Å². The molecule has 2 atom stereocenters. The number of ether oxygens (including phenoxy) is 1. The molecular formula is C23H44N2O3. The second-order valence-electron chi connectivity index (χ2n) is 8.85. The summed E-state index contributed by atoms with van der Waals surface area (Å²) >= 11 is 0. The zero-order chi connectivity index (χ0) is 20.0. The summed E-state index contributed by atoms with van der Waals surface area (Å²) in [5.41, 5.74) is 0. The van der Waals surface area contributed by atoms with E-state index in [9.17, 15) is 9.90 Å². The summed E-state index contributed by atoms with van der Waals surface area (Å²) in [6.07, 6.45) is 14.6. The number of nitrogens with zero attached hydrogens (tertiary/aromatic N) is 1. The number of unbranched alkanes of at least 4 members (excludes halogenated alkanes) is 6. The number of rotatable bonds is 13. The fourth-order valence-corrected chi connectivity index (χ4v) is 4.63. The lowest BCUT2D eigenvalue weighted by atomic mass is 9.82. The lowest BCUT2D eigenvalue weighted by Gasteiger charge is -2.37. The Balaban J connectivity index is 1.76. The van der Waals surface area contributed by atoms with Crippen molar-refractivity contribution in [3.8, 4) is 0 Å². The summed E-state index contributed by atoms with van der Waals surface area (Å²) in [6, 6.07) is -0.154. The summed E-state index contributed by atoms with van der Waals surface area (Å²) in [5.74, 6) is 0.445. The van der Waals surface area contributed by atoms with Gasteiger partial charge in [0.05, 0.1) is 25.4 Å². The average molecular weight is 397 g/mol. The van der Waals surface area contributed by atoms with Gasteiger partial charge in [0.1, 0.15) is 0 Å². The standard InChI is InChI=1S/C23H44N2O3/c1-2-3-4-5-6-7-11-14-22(26)24-21(19-25-15-17-28-18-16-25)23(27)20-12-9-8-10-13-20/h20-21,23,27H,2-19H2,1H3,(H,24,26)/t21-,23-/m0/s1. The molecule has 5 nitrogen and oxygen atoms in total. The molecule has 1 heterocycles. The first-order chi connectivity index (χ1) is 13.7. The van der Waals surface area contributed by atoms with Crippen LogP contribution < -0.4 is 5.32 Å². The maximum absolute atomic E-state index is 12.6. The molecule has 0 unspecified atom stereocenters. The van der Waals surface area contributed by atoms with Crippen molar-refractivity contribution >= 4 is 5.91 Å². The van der Waals surface area contributed by atoms with Crippen molar-refractivity contribution in [1.82, 2.24) is 10.2 Å². The highest BCUT2D eigenvalue weighted by molar-refractivity contribution is 5.76. The fraction of sp³-hybridized carbons (Fsp3) is 0.957. The third-order valence-electron chi connectivity index (χ3n) is 6.46. The number of hydrogen-bond acceptors (Lipinski definition) is 4. The predicted molar refractivity (Wildman–Crippen MR) is 114 cm³/mol. The first-order valence-electron chi connectivity index (χ1n) is 12.0. The molecule has 2 aliphatic rings. The molecule has 0 aromatic carbocycles. The molecule has 0 bridgehead atoms. The van der Waals surface area contributed by atoms with E-state index < -0.39 is 6.10 Å². The number of aliphatic hydroxyl groups excluding tert-OH is 1. The van der Waals surface area contributed by atoms with Crippen molar-refractivity contribution in [2.75, 3.05) is 32.8 Å². The van der Waals surface area contributed by atoms with Crippen LogP contribution in [-0.4, -0.2) is 60.9 Å². The van der Waals surface area contributed by atoms with Gasteiger partial charge in [0.15, 0.2) is 0 Å². The summed E-state index contributed by atoms with van der Waals surface area (Å²) in [5, 5.41) is 14.2. The van der Waals surface area contributed by atoms with Gasteiger partial charge in [-0.2, -0.15) is 0 Å². The third-order valence-corrected chi connectivity index (χ3v) is 6.46. The molecule has 28 heavy (non-hydrogen) atoms. The number of morpholine rings is 1. The molecule has 164 valence electrons. The van der Waals surface area contributed by atoms with E-state index in [1.807, 2.05) is 0 Å². The minimum absolute atomic E-state index is 0.113. The number of carbonyl (C=O) groups is 1. The van der Waals surface area contributed by atoms with E-state index in [1.165, 1.54) is 51.4 Å². The van der Waals surface area contributed by atoms with Crippen LogP contribution in [0.15, 0.2) is 0 Å². The van der Waals surface area contributed by atoms with Gasteiger partial charge in [-0.3, -0.25) is 9.69 Å². The molecule has 0 spiro atoms. The lowest BCUT2D eigenvalue weighted by Crippen LogP contribution is -2.54. The number of carbonyl (C=O) groups excluding carboxylic acids is 1. The van der Waals surface area contributed by atoms with Crippen LogP contribution in [0.3, 0.4) is 0 Å². The Bertz CT molecular complexity index is 407. The van der Waals surface area contributed by atoms with Gasteiger partial charge in [0, 0.05) is 26.1 Å². The summed E-state index contributed by atoms with van der Waals surface area (Å²) in [6.45, 7) is 6.25. The van der Waals surface area contributed by atoms with E-state index in [0.29, 0.717) is 12.3 Å². The summed E-state index contributed by atoms with van der Waals surface area (Å²) in [4.78, 5) is 14.9. The summed E-state index contributed by atoms with van der Waals surface area (Å²) in [7, 11) is 0. The van der Waals surface area contributed by atoms with Gasteiger partial charge in [0.25, 0.3) is 0 Å². The molecule has 5 heteroatoms. The monoisotopic (exact) mass is 396 g/mol. The fourth-order valence-electron chi connectivity index (χ4n) is 4.63. The number of aliphatic hydroxyl groups is 1. The van der Waals surface area contributed by atoms with Crippen molar-refractivity contribution in [3.05, 3.63) is 0 Å². The molecule has 0 aromatic rings. The van der Waals surface area contributed by atoms with E-state index in [-0.39, 0.29) is 11.9 Å². The Morgan fingerprint density at radius 3 is 2.36 bits per heavy atom. The molecule has 1 aliphatic carbocycles. The van der Waals surface area contributed by atoms with Crippen LogP contribution in [0.2, 0.25) is 0 Å². The molecule has 1 saturated heterocycles. The smallest absolute Gasteiger partial charge is 0.220 e. The molecule has 2 N–H and O–H groups in total. The first-order valence-corrected chi connectivity index (χ1v) is 12.0. The molecule has 0 radical (unpaired) electrons. The molecule has 1 saturated carbocycles. The lowest BCUT2D eigenvalue weighted by molar-refractivity contribution is -0.123. The van der Waals surface area contributed by atoms with Crippen molar-refractivity contribution in [2.24, 2.45) is 5.92 Å². The SMILES string of the molecule is CCCCCCCCCC(=O)N[C@@H](CN1CCOCC1)[C@@H](O)C1CCCCC1. The second kappa shape index (κ2) is 14.4. The highest BCUT2D eigenvalue weighted by Gasteiger charge is 2.31. The Hall–Kier alpha value is -0.650. The Morgan fingerprint density at radius 2 is 1.68 bits per heavy atom. The van der Waals surface area contributed by atoms with Gasteiger partial charge >= 0.3 is 0 Å². The molecule has 2 rings (SSSR count). The van der Waals surface area contributed by atoms with Crippen molar-refractivity contribution in [1.29, 1.82) is 0 Å². The summed E-state index contributed by atoms with van der Waals surface area (Å²) < 4.78 is 5.45. The molecule has 2 fully saturated rings. The minimum atomic E-state index is -0.430. The number of amides is 1. The Morgan fingerprint density at radius 1 is 1.04 bits per heavy atom. The van der Waals surface area contributed by atoms with Gasteiger partial charge in [-0.15, -0.1) is 0 Å². The van der Waals surface area contributed by atoms with Gasteiger partial charge in [-0.25, -0.2) is 0 Å². The quantitative estimate of drug-likeness (QED) is 0.464. The van der Waals surface area contributed by atoms with Gasteiger partial charge in [0.2, 0.25) is 5.91 Å². The molecule has 1 amide bonds. The number of nitrogens with one attached hydrogen (secondary N) is 1. The van der Waals surface area contributed by atoms with E-state index in [2.05, 4.69) is 17.1 Å². The minimum Gasteiger partial charge on any atom is -0.391 e. The predicted octanol–water partition coefficient (Wildman–Crippen LogP) is 3.89. The van der Waals surface area contributed by atoms with Gasteiger partial charge in [-0.05, 0) is 25.2 Å². The van der Waals surface area contributed by atoms with E-state index >= 15 is 0 Å². The van der Waals surface area contributed by atoms with Crippen LogP contribution in [-0.2, 0) is 9.53 Å². The van der Waals surface area contributed by atoms with Crippen LogP contribution in [0.5, 0.6) is 0 Å². The Kier molecular flexibility index (Phi) is 12.1. The van der Waals surface area contributed by atoms with Gasteiger partial charge in [-0.1, -0.05) is 64.7 Å². The maximum Gasteiger partial charge on any atom is 0.220 e. The molecule has 0 aromatic heterocycles. The normalized spacial score (nSPS) is 21.4. The largest absolute Gasteiger partial charge is 0.391 e. The number of hydrogen-bond donors (Lipinski definition) is 2. The molecule has 1 aliphatic heterocycles. The third kappa shape index (κ3) is 9.23. The zero-order valence-corrected chi connectivity index (χ0v) is 18.2. The van der Waals surface area contributed by atoms with Crippen LogP contribution in [0, 0.1) is 5.92 Å². The first kappa shape index (κ1) is 23.6. The van der Waals surface area contributed by atoms with E-state index in [4.69, 9.17) is 4.74 Å². The van der Waals surface area contributed by atoms with Crippen LogP contribution in [0.1, 0.15) is 90.4 Å². The highest BCUT2D eigenvalue weighted by atomic mass is 16.5. The van der Waals surface area contributed by atoms with Crippen LogP contribution >= 0.6 is 0 Å². The topological polar surface area (TPSA) is 61.8 Å². The highest BCUT2D eigenvalue weighted by Crippen LogP contribution is 2.28. The van der Waals surface area contributed by atoms with Crippen molar-refractivity contribution in [3.63, 3.8) is 0 Å². The van der Waals surface area contributed by atoms with Crippen molar-refractivity contribution in [2.45, 2.75) is 103 Å². The second-order valence-corrected chi connectivity index (χ2v) is 8.85. The zero-order valence-electron chi connectivity index (χ0n) is 18.2. The van der Waals surface area contributed by atoms with E-state index in [1.54, 1.807) is 0 Å². The van der Waals surface area contributed by atoms with Gasteiger partial charge < -0.3 is 15.2 Å². The Labute approximate surface area is 172 Å². The average Bonchev–Trinajstić information content (AvgIpc) is 2.73. The molecular weight excluding hydrogens is 352 g/mol. The maximum atomic E-state index is 12.6. The van der Waals surface area contributed by atoms with Crippen LogP contribution in [0.4, 0.5) is 0 Å². The van der Waals surface area contributed by atoms with Crippen molar-refractivity contribution < 1.29 is 14.6 Å². The van der Waals surface area contributed by atoms with Crippen LogP contribution in [0.25, 0.3) is 0 Å².